The average Bonchev–Trinajstić information content (AvgIpc) is 2.89. The van der Waals surface area contributed by atoms with Crippen molar-refractivity contribution in [2.45, 2.75) is 68.6 Å². The maximum atomic E-state index is 13.1. The molecule has 1 aromatic carbocycles. The molecule has 1 saturated heterocycles. The molecule has 0 saturated carbocycles. The normalized spacial score (nSPS) is 31.0. The van der Waals surface area contributed by atoms with Gasteiger partial charge < -0.3 is 0 Å². The number of fused-ring (bicyclic) bond motifs is 2. The Morgan fingerprint density at radius 1 is 0.957 bits per heavy atom. The first-order valence-corrected chi connectivity index (χ1v) is 10.6. The SMILES string of the molecule is CC(C)(C)C1=C(C(C)(C)C)[C@H]2[C@@H](Sc3ccccc3)C[C@@H]1S2=O. The molecule has 1 aromatic rings. The van der Waals surface area contributed by atoms with Crippen molar-refractivity contribution in [2.75, 3.05) is 0 Å². The summed E-state index contributed by atoms with van der Waals surface area (Å²) in [6.07, 6.45) is 1.06. The van der Waals surface area contributed by atoms with Gasteiger partial charge in [0, 0.05) is 20.9 Å². The Labute approximate surface area is 147 Å². The average molecular weight is 349 g/mol. The highest BCUT2D eigenvalue weighted by Crippen LogP contribution is 2.57. The summed E-state index contributed by atoms with van der Waals surface area (Å²) in [4.78, 5) is 1.30. The molecule has 2 aliphatic rings. The summed E-state index contributed by atoms with van der Waals surface area (Å²) in [6.45, 7) is 13.7. The molecule has 1 nitrogen and oxygen atoms in total. The van der Waals surface area contributed by atoms with Crippen LogP contribution >= 0.6 is 11.8 Å². The van der Waals surface area contributed by atoms with E-state index in [1.165, 1.54) is 16.0 Å². The molecule has 0 amide bonds. The van der Waals surface area contributed by atoms with E-state index in [9.17, 15) is 4.21 Å². The first-order valence-electron chi connectivity index (χ1n) is 8.47. The van der Waals surface area contributed by atoms with Crippen LogP contribution in [0.3, 0.4) is 0 Å². The Balaban J connectivity index is 2.00. The van der Waals surface area contributed by atoms with Crippen molar-refractivity contribution in [1.29, 1.82) is 0 Å². The molecular formula is C20H28OS2. The van der Waals surface area contributed by atoms with Gasteiger partial charge in [-0.15, -0.1) is 11.8 Å². The molecule has 1 fully saturated rings. The largest absolute Gasteiger partial charge is 0.258 e. The smallest absolute Gasteiger partial charge is 0.0694 e. The van der Waals surface area contributed by atoms with E-state index in [4.69, 9.17) is 0 Å². The Hall–Kier alpha value is -0.540. The quantitative estimate of drug-likeness (QED) is 0.662. The molecule has 4 atom stereocenters. The maximum Gasteiger partial charge on any atom is 0.0694 e. The lowest BCUT2D eigenvalue weighted by atomic mass is 9.69. The van der Waals surface area contributed by atoms with E-state index >= 15 is 0 Å². The molecule has 23 heavy (non-hydrogen) atoms. The van der Waals surface area contributed by atoms with Gasteiger partial charge in [-0.05, 0) is 40.5 Å². The van der Waals surface area contributed by atoms with Gasteiger partial charge in [0.05, 0.1) is 10.5 Å². The first kappa shape index (κ1) is 17.3. The third kappa shape index (κ3) is 3.07. The number of benzene rings is 1. The fourth-order valence-electron chi connectivity index (χ4n) is 4.12. The highest BCUT2D eigenvalue weighted by atomic mass is 32.2. The molecule has 0 spiro atoms. The molecule has 126 valence electrons. The van der Waals surface area contributed by atoms with Gasteiger partial charge in [0.15, 0.2) is 0 Å². The summed E-state index contributed by atoms with van der Waals surface area (Å²) in [5.74, 6) is 0. The van der Waals surface area contributed by atoms with Gasteiger partial charge in [0.25, 0.3) is 0 Å². The summed E-state index contributed by atoms with van der Waals surface area (Å²) in [6, 6.07) is 10.6. The van der Waals surface area contributed by atoms with Gasteiger partial charge in [-0.25, -0.2) is 0 Å². The topological polar surface area (TPSA) is 17.1 Å². The fourth-order valence-corrected chi connectivity index (χ4v) is 8.54. The van der Waals surface area contributed by atoms with Crippen molar-refractivity contribution in [3.8, 4) is 0 Å². The van der Waals surface area contributed by atoms with Crippen molar-refractivity contribution < 1.29 is 4.21 Å². The minimum Gasteiger partial charge on any atom is -0.258 e. The van der Waals surface area contributed by atoms with Crippen LogP contribution in [0, 0.1) is 10.8 Å². The summed E-state index contributed by atoms with van der Waals surface area (Å²) in [7, 11) is -0.753. The third-order valence-corrected chi connectivity index (χ3v) is 8.40. The first-order chi connectivity index (χ1) is 10.6. The predicted molar refractivity (Wildman–Crippen MR) is 102 cm³/mol. The van der Waals surface area contributed by atoms with Crippen LogP contribution in [0.4, 0.5) is 0 Å². The molecule has 1 unspecified atom stereocenters. The minimum absolute atomic E-state index is 0.0909. The Kier molecular flexibility index (Phi) is 4.34. The van der Waals surface area contributed by atoms with Gasteiger partial charge in [-0.1, -0.05) is 59.7 Å². The zero-order valence-electron chi connectivity index (χ0n) is 15.1. The summed E-state index contributed by atoms with van der Waals surface area (Å²) in [5.41, 5.74) is 3.17. The summed E-state index contributed by atoms with van der Waals surface area (Å²) < 4.78 is 13.1. The maximum absolute atomic E-state index is 13.1. The number of rotatable bonds is 2. The van der Waals surface area contributed by atoms with Crippen LogP contribution < -0.4 is 0 Å². The van der Waals surface area contributed by atoms with Gasteiger partial charge in [-0.3, -0.25) is 4.21 Å². The number of hydrogen-bond acceptors (Lipinski definition) is 2. The van der Waals surface area contributed by atoms with E-state index in [1.54, 1.807) is 0 Å². The van der Waals surface area contributed by atoms with Gasteiger partial charge in [0.1, 0.15) is 0 Å². The second kappa shape index (κ2) is 5.77. The zero-order valence-corrected chi connectivity index (χ0v) is 16.7. The van der Waals surface area contributed by atoms with Crippen molar-refractivity contribution in [3.63, 3.8) is 0 Å². The van der Waals surface area contributed by atoms with Gasteiger partial charge in [-0.2, -0.15) is 0 Å². The van der Waals surface area contributed by atoms with E-state index in [2.05, 4.69) is 71.9 Å². The highest BCUT2D eigenvalue weighted by Gasteiger charge is 2.56. The summed E-state index contributed by atoms with van der Waals surface area (Å²) >= 11 is 1.92. The van der Waals surface area contributed by atoms with E-state index in [1.807, 2.05) is 11.8 Å². The van der Waals surface area contributed by atoms with Gasteiger partial charge in [0.2, 0.25) is 0 Å². The van der Waals surface area contributed by atoms with E-state index < -0.39 is 10.8 Å². The molecule has 0 aromatic heterocycles. The van der Waals surface area contributed by atoms with E-state index in [-0.39, 0.29) is 21.3 Å². The lowest BCUT2D eigenvalue weighted by Gasteiger charge is -2.37. The van der Waals surface area contributed by atoms with Crippen molar-refractivity contribution in [3.05, 3.63) is 41.5 Å². The van der Waals surface area contributed by atoms with Crippen LogP contribution in [0.1, 0.15) is 48.0 Å². The predicted octanol–water partition coefficient (Wildman–Crippen LogP) is 5.44. The second-order valence-electron chi connectivity index (χ2n) is 8.77. The summed E-state index contributed by atoms with van der Waals surface area (Å²) in [5, 5.41) is 0.929. The molecule has 0 aliphatic carbocycles. The van der Waals surface area contributed by atoms with Crippen molar-refractivity contribution in [1.82, 2.24) is 0 Å². The lowest BCUT2D eigenvalue weighted by molar-refractivity contribution is 0.412. The molecule has 2 bridgehead atoms. The highest BCUT2D eigenvalue weighted by molar-refractivity contribution is 8.01. The Morgan fingerprint density at radius 2 is 1.52 bits per heavy atom. The molecular weight excluding hydrogens is 320 g/mol. The van der Waals surface area contributed by atoms with Crippen LogP contribution in [-0.4, -0.2) is 20.0 Å². The lowest BCUT2D eigenvalue weighted by Crippen LogP contribution is -2.33. The molecule has 3 rings (SSSR count). The fraction of sp³-hybridized carbons (Fsp3) is 0.600. The van der Waals surface area contributed by atoms with Crippen molar-refractivity contribution in [2.24, 2.45) is 10.8 Å². The monoisotopic (exact) mass is 348 g/mol. The Morgan fingerprint density at radius 3 is 2.04 bits per heavy atom. The van der Waals surface area contributed by atoms with Crippen molar-refractivity contribution >= 4 is 22.6 Å². The van der Waals surface area contributed by atoms with Crippen LogP contribution in [0.15, 0.2) is 46.4 Å². The van der Waals surface area contributed by atoms with E-state index in [0.29, 0.717) is 5.25 Å². The zero-order chi connectivity index (χ0) is 17.0. The number of hydrogen-bond donors (Lipinski definition) is 0. The van der Waals surface area contributed by atoms with Crippen LogP contribution in [0.2, 0.25) is 0 Å². The Bertz CT molecular complexity index is 646. The second-order valence-corrected chi connectivity index (χ2v) is 11.8. The molecule has 2 heterocycles. The molecule has 3 heteroatoms. The van der Waals surface area contributed by atoms with Gasteiger partial charge >= 0.3 is 0 Å². The molecule has 0 N–H and O–H groups in total. The minimum atomic E-state index is -0.753. The van der Waals surface area contributed by atoms with Crippen LogP contribution in [0.5, 0.6) is 0 Å². The van der Waals surface area contributed by atoms with Crippen LogP contribution in [0.25, 0.3) is 0 Å². The molecule has 0 radical (unpaired) electrons. The standard InChI is InChI=1S/C20H28OS2/c1-19(2,3)16-15-12-14(22-13-10-8-7-9-11-13)18(23(15)21)17(16)20(4,5)6/h7-11,14-15,18H,12H2,1-6H3/t14-,15-,18+,23?/m0/s1. The third-order valence-electron chi connectivity index (χ3n) is 4.86. The molecule has 2 aliphatic heterocycles. The van der Waals surface area contributed by atoms with E-state index in [0.717, 1.165) is 6.42 Å². The van der Waals surface area contributed by atoms with Crippen LogP contribution in [-0.2, 0) is 10.8 Å². The number of thioether (sulfide) groups is 1.